The van der Waals surface area contributed by atoms with Gasteiger partial charge in [-0.25, -0.2) is 0 Å². The molecular weight excluding hydrogens is 166 g/mol. The van der Waals surface area contributed by atoms with Gasteiger partial charge in [0.2, 0.25) is 0 Å². The van der Waals surface area contributed by atoms with Crippen molar-refractivity contribution < 1.29 is 9.84 Å². The Balaban J connectivity index is 1.96. The Morgan fingerprint density at radius 2 is 2.23 bits per heavy atom. The van der Waals surface area contributed by atoms with Crippen molar-refractivity contribution in [1.82, 2.24) is 4.90 Å². The van der Waals surface area contributed by atoms with Gasteiger partial charge in [0.25, 0.3) is 0 Å². The molecule has 2 aliphatic heterocycles. The number of aliphatic hydroxyl groups is 1. The molecule has 76 valence electrons. The van der Waals surface area contributed by atoms with Crippen LogP contribution in [0.5, 0.6) is 0 Å². The summed E-state index contributed by atoms with van der Waals surface area (Å²) in [6.45, 7) is 7.82. The third-order valence-corrected chi connectivity index (χ3v) is 3.34. The minimum atomic E-state index is -0.173. The highest BCUT2D eigenvalue weighted by molar-refractivity contribution is 4.94. The van der Waals surface area contributed by atoms with Crippen molar-refractivity contribution in [3.63, 3.8) is 0 Å². The van der Waals surface area contributed by atoms with E-state index in [0.717, 1.165) is 32.7 Å². The highest BCUT2D eigenvalue weighted by Gasteiger charge is 2.41. The lowest BCUT2D eigenvalue weighted by Gasteiger charge is -2.24. The number of rotatable bonds is 1. The largest absolute Gasteiger partial charge is 0.391 e. The Morgan fingerprint density at radius 1 is 1.46 bits per heavy atom. The smallest absolute Gasteiger partial charge is 0.0730 e. The standard InChI is InChI=1S/C10H19NO2/c1-10(2)7-11(5-9(10)12)8-3-4-13-6-8/h8-9,12H,3-7H2,1-2H3. The van der Waals surface area contributed by atoms with Gasteiger partial charge >= 0.3 is 0 Å². The van der Waals surface area contributed by atoms with E-state index in [4.69, 9.17) is 4.74 Å². The van der Waals surface area contributed by atoms with Crippen molar-refractivity contribution in [3.8, 4) is 0 Å². The Morgan fingerprint density at radius 3 is 2.69 bits per heavy atom. The molecule has 0 aromatic rings. The maximum absolute atomic E-state index is 9.81. The van der Waals surface area contributed by atoms with E-state index in [9.17, 15) is 5.11 Å². The number of ether oxygens (including phenoxy) is 1. The first kappa shape index (κ1) is 9.44. The molecule has 1 N–H and O–H groups in total. The predicted octanol–water partition coefficient (Wildman–Crippen LogP) is 0.478. The molecule has 2 fully saturated rings. The molecule has 2 saturated heterocycles. The van der Waals surface area contributed by atoms with Crippen LogP contribution in [0.1, 0.15) is 20.3 Å². The lowest BCUT2D eigenvalue weighted by molar-refractivity contribution is 0.0946. The van der Waals surface area contributed by atoms with Gasteiger partial charge in [-0.3, -0.25) is 4.90 Å². The predicted molar refractivity (Wildman–Crippen MR) is 50.6 cm³/mol. The van der Waals surface area contributed by atoms with Crippen molar-refractivity contribution in [3.05, 3.63) is 0 Å². The van der Waals surface area contributed by atoms with Gasteiger partial charge < -0.3 is 9.84 Å². The molecule has 0 spiro atoms. The van der Waals surface area contributed by atoms with E-state index in [-0.39, 0.29) is 11.5 Å². The van der Waals surface area contributed by atoms with Gasteiger partial charge in [0.05, 0.1) is 12.7 Å². The van der Waals surface area contributed by atoms with Crippen LogP contribution in [0.25, 0.3) is 0 Å². The third-order valence-electron chi connectivity index (χ3n) is 3.34. The van der Waals surface area contributed by atoms with Crippen LogP contribution in [-0.4, -0.2) is 48.5 Å². The molecule has 3 heteroatoms. The zero-order valence-electron chi connectivity index (χ0n) is 8.49. The molecule has 2 aliphatic rings. The highest BCUT2D eigenvalue weighted by Crippen LogP contribution is 2.32. The van der Waals surface area contributed by atoms with Gasteiger partial charge in [0.1, 0.15) is 0 Å². The topological polar surface area (TPSA) is 32.7 Å². The molecular formula is C10H19NO2. The second-order valence-electron chi connectivity index (χ2n) is 4.95. The monoisotopic (exact) mass is 185 g/mol. The summed E-state index contributed by atoms with van der Waals surface area (Å²) >= 11 is 0. The summed E-state index contributed by atoms with van der Waals surface area (Å²) in [4.78, 5) is 2.37. The normalized spacial score (nSPS) is 39.9. The van der Waals surface area contributed by atoms with Crippen LogP contribution in [0.4, 0.5) is 0 Å². The second kappa shape index (κ2) is 3.23. The Kier molecular flexibility index (Phi) is 2.34. The van der Waals surface area contributed by atoms with E-state index in [0.29, 0.717) is 6.04 Å². The molecule has 13 heavy (non-hydrogen) atoms. The molecule has 0 bridgehead atoms. The molecule has 0 aromatic heterocycles. The van der Waals surface area contributed by atoms with Crippen LogP contribution in [0, 0.1) is 5.41 Å². The van der Waals surface area contributed by atoms with Crippen LogP contribution in [-0.2, 0) is 4.74 Å². The average molecular weight is 185 g/mol. The van der Waals surface area contributed by atoms with Crippen molar-refractivity contribution in [2.45, 2.75) is 32.4 Å². The van der Waals surface area contributed by atoms with Gasteiger partial charge in [-0.1, -0.05) is 13.8 Å². The zero-order chi connectivity index (χ0) is 9.47. The minimum absolute atomic E-state index is 0.0581. The van der Waals surface area contributed by atoms with Crippen molar-refractivity contribution in [2.24, 2.45) is 5.41 Å². The number of β-amino-alcohol motifs (C(OH)–C–C–N with tert-alkyl or cyclic N) is 1. The molecule has 0 amide bonds. The van der Waals surface area contributed by atoms with E-state index in [2.05, 4.69) is 18.7 Å². The van der Waals surface area contributed by atoms with Gasteiger partial charge in [-0.05, 0) is 6.42 Å². The first-order valence-corrected chi connectivity index (χ1v) is 5.09. The lowest BCUT2D eigenvalue weighted by atomic mass is 9.90. The first-order chi connectivity index (χ1) is 6.09. The van der Waals surface area contributed by atoms with Gasteiger partial charge in [-0.15, -0.1) is 0 Å². The van der Waals surface area contributed by atoms with Crippen molar-refractivity contribution in [2.75, 3.05) is 26.3 Å². The van der Waals surface area contributed by atoms with Crippen molar-refractivity contribution in [1.29, 1.82) is 0 Å². The average Bonchev–Trinajstić information content (AvgIpc) is 2.60. The second-order valence-corrected chi connectivity index (χ2v) is 4.95. The van der Waals surface area contributed by atoms with E-state index in [1.54, 1.807) is 0 Å². The summed E-state index contributed by atoms with van der Waals surface area (Å²) < 4.78 is 5.35. The van der Waals surface area contributed by atoms with Gasteiger partial charge in [-0.2, -0.15) is 0 Å². The highest BCUT2D eigenvalue weighted by atomic mass is 16.5. The maximum atomic E-state index is 9.81. The van der Waals surface area contributed by atoms with Crippen LogP contribution in [0.3, 0.4) is 0 Å². The fraction of sp³-hybridized carbons (Fsp3) is 1.00. The van der Waals surface area contributed by atoms with Crippen LogP contribution < -0.4 is 0 Å². The summed E-state index contributed by atoms with van der Waals surface area (Å²) in [5.41, 5.74) is 0.0581. The molecule has 2 heterocycles. The fourth-order valence-electron chi connectivity index (χ4n) is 2.25. The first-order valence-electron chi connectivity index (χ1n) is 5.09. The van der Waals surface area contributed by atoms with Crippen molar-refractivity contribution >= 4 is 0 Å². The quantitative estimate of drug-likeness (QED) is 0.645. The van der Waals surface area contributed by atoms with E-state index in [1.165, 1.54) is 0 Å². The minimum Gasteiger partial charge on any atom is -0.391 e. The molecule has 0 aromatic carbocycles. The van der Waals surface area contributed by atoms with Crippen LogP contribution in [0.15, 0.2) is 0 Å². The van der Waals surface area contributed by atoms with Gasteiger partial charge in [0, 0.05) is 31.2 Å². The Labute approximate surface area is 79.7 Å². The maximum Gasteiger partial charge on any atom is 0.0730 e. The Bertz CT molecular complexity index is 187. The van der Waals surface area contributed by atoms with E-state index < -0.39 is 0 Å². The third kappa shape index (κ3) is 1.73. The molecule has 0 saturated carbocycles. The summed E-state index contributed by atoms with van der Waals surface area (Å²) in [5, 5.41) is 9.81. The fourth-order valence-corrected chi connectivity index (χ4v) is 2.25. The molecule has 2 atom stereocenters. The lowest BCUT2D eigenvalue weighted by Crippen LogP contribution is -2.34. The summed E-state index contributed by atoms with van der Waals surface area (Å²) in [7, 11) is 0. The molecule has 2 unspecified atom stereocenters. The number of aliphatic hydroxyl groups excluding tert-OH is 1. The summed E-state index contributed by atoms with van der Waals surface area (Å²) in [6.07, 6.45) is 0.955. The van der Waals surface area contributed by atoms with Crippen LogP contribution in [0.2, 0.25) is 0 Å². The van der Waals surface area contributed by atoms with E-state index >= 15 is 0 Å². The number of hydrogen-bond acceptors (Lipinski definition) is 3. The van der Waals surface area contributed by atoms with Crippen LogP contribution >= 0.6 is 0 Å². The SMILES string of the molecule is CC1(C)CN(C2CCOC2)CC1O. The summed E-state index contributed by atoms with van der Waals surface area (Å²) in [6, 6.07) is 0.552. The number of hydrogen-bond donors (Lipinski definition) is 1. The number of likely N-dealkylation sites (tertiary alicyclic amines) is 1. The Hall–Kier alpha value is -0.120. The molecule has 3 nitrogen and oxygen atoms in total. The molecule has 0 aliphatic carbocycles. The van der Waals surface area contributed by atoms with Gasteiger partial charge in [0.15, 0.2) is 0 Å². The molecule has 2 rings (SSSR count). The van der Waals surface area contributed by atoms with E-state index in [1.807, 2.05) is 0 Å². The zero-order valence-corrected chi connectivity index (χ0v) is 8.49. The summed E-state index contributed by atoms with van der Waals surface area (Å²) in [5.74, 6) is 0. The number of nitrogens with zero attached hydrogens (tertiary/aromatic N) is 1. The molecule has 0 radical (unpaired) electrons.